The smallest absolute Gasteiger partial charge is 0.415 e. The Morgan fingerprint density at radius 2 is 1.80 bits per heavy atom. The fraction of sp³-hybridized carbons (Fsp3) is 0.211. The van der Waals surface area contributed by atoms with Crippen LogP contribution in [0.3, 0.4) is 0 Å². The zero-order valence-electron chi connectivity index (χ0n) is 14.3. The van der Waals surface area contributed by atoms with Crippen molar-refractivity contribution in [3.63, 3.8) is 0 Å². The first-order chi connectivity index (χ1) is 11.9. The predicted molar refractivity (Wildman–Crippen MR) is 96.1 cm³/mol. The lowest BCUT2D eigenvalue weighted by atomic mass is 10.1. The molecule has 6 heteroatoms. The molecule has 0 aliphatic carbocycles. The SMILES string of the molecule is CCOP1(=O)Oc2ccccc2C(OC(C)=O)=C1c1ccc(C)cc1. The standard InChI is InChI=1S/C19H19O5P/c1-4-22-25(21)19(15-11-9-13(2)10-12-15)18(23-14(3)20)16-7-5-6-8-17(16)24-25/h5-12H,4H2,1-3H3. The molecule has 0 spiro atoms. The van der Waals surface area contributed by atoms with Crippen LogP contribution in [0.2, 0.25) is 0 Å². The highest BCUT2D eigenvalue weighted by Crippen LogP contribution is 2.66. The van der Waals surface area contributed by atoms with E-state index < -0.39 is 13.6 Å². The van der Waals surface area contributed by atoms with Crippen molar-refractivity contribution in [3.05, 3.63) is 65.2 Å². The van der Waals surface area contributed by atoms with Gasteiger partial charge in [0.1, 0.15) is 11.1 Å². The Morgan fingerprint density at radius 1 is 1.12 bits per heavy atom. The Bertz CT molecular complexity index is 883. The quantitative estimate of drug-likeness (QED) is 0.568. The Labute approximate surface area is 146 Å². The summed E-state index contributed by atoms with van der Waals surface area (Å²) in [5.74, 6) is 0.0840. The van der Waals surface area contributed by atoms with Crippen molar-refractivity contribution in [1.29, 1.82) is 0 Å². The van der Waals surface area contributed by atoms with Crippen LogP contribution in [0.5, 0.6) is 5.75 Å². The molecule has 2 aromatic rings. The summed E-state index contributed by atoms with van der Waals surface area (Å²) in [5, 5.41) is 0.267. The van der Waals surface area contributed by atoms with Gasteiger partial charge in [-0.2, -0.15) is 0 Å². The zero-order valence-corrected chi connectivity index (χ0v) is 15.2. The lowest BCUT2D eigenvalue weighted by Gasteiger charge is -2.29. The lowest BCUT2D eigenvalue weighted by Crippen LogP contribution is -2.12. The minimum atomic E-state index is -3.70. The Kier molecular flexibility index (Phi) is 4.80. The molecule has 1 atom stereocenters. The Hall–Kier alpha value is -2.36. The van der Waals surface area contributed by atoms with Gasteiger partial charge in [-0.25, -0.2) is 4.57 Å². The largest absolute Gasteiger partial charge is 0.425 e. The van der Waals surface area contributed by atoms with Gasteiger partial charge in [0.25, 0.3) is 0 Å². The molecule has 0 amide bonds. The van der Waals surface area contributed by atoms with E-state index in [1.165, 1.54) is 6.92 Å². The highest BCUT2D eigenvalue weighted by Gasteiger charge is 2.42. The molecule has 1 aliphatic rings. The van der Waals surface area contributed by atoms with Crippen molar-refractivity contribution in [2.24, 2.45) is 0 Å². The molecule has 0 saturated heterocycles. The molecule has 0 radical (unpaired) electrons. The molecule has 130 valence electrons. The van der Waals surface area contributed by atoms with Crippen LogP contribution >= 0.6 is 7.60 Å². The molecule has 0 N–H and O–H groups in total. The number of rotatable bonds is 4. The van der Waals surface area contributed by atoms with Crippen molar-refractivity contribution in [2.75, 3.05) is 6.61 Å². The summed E-state index contributed by atoms with van der Waals surface area (Å²) < 4.78 is 30.2. The molecule has 0 saturated carbocycles. The van der Waals surface area contributed by atoms with E-state index in [2.05, 4.69) is 0 Å². The van der Waals surface area contributed by atoms with E-state index in [0.29, 0.717) is 16.9 Å². The number of carbonyl (C=O) groups excluding carboxylic acids is 1. The van der Waals surface area contributed by atoms with Crippen molar-refractivity contribution >= 4 is 24.6 Å². The molecule has 1 heterocycles. The number of aryl methyl sites for hydroxylation is 1. The summed E-state index contributed by atoms with van der Waals surface area (Å²) in [4.78, 5) is 11.7. The van der Waals surface area contributed by atoms with Crippen LogP contribution in [0, 0.1) is 6.92 Å². The van der Waals surface area contributed by atoms with E-state index in [4.69, 9.17) is 13.8 Å². The number of esters is 1. The molecule has 3 rings (SSSR count). The first kappa shape index (κ1) is 17.5. The van der Waals surface area contributed by atoms with Gasteiger partial charge in [-0.1, -0.05) is 42.0 Å². The molecule has 0 aromatic heterocycles. The van der Waals surface area contributed by atoms with Crippen molar-refractivity contribution in [1.82, 2.24) is 0 Å². The second kappa shape index (κ2) is 6.87. The van der Waals surface area contributed by atoms with E-state index in [1.54, 1.807) is 31.2 Å². The number of benzene rings is 2. The van der Waals surface area contributed by atoms with Gasteiger partial charge in [0.05, 0.1) is 12.2 Å². The second-order valence-corrected chi connectivity index (χ2v) is 7.52. The first-order valence-electron chi connectivity index (χ1n) is 7.98. The number of ether oxygens (including phenoxy) is 1. The maximum absolute atomic E-state index is 13.5. The predicted octanol–water partition coefficient (Wildman–Crippen LogP) is 5.01. The van der Waals surface area contributed by atoms with E-state index >= 15 is 0 Å². The van der Waals surface area contributed by atoms with Crippen LogP contribution in [0.1, 0.15) is 30.5 Å². The van der Waals surface area contributed by atoms with Gasteiger partial charge < -0.3 is 9.26 Å². The summed E-state index contributed by atoms with van der Waals surface area (Å²) in [6, 6.07) is 14.4. The molecule has 25 heavy (non-hydrogen) atoms. The van der Waals surface area contributed by atoms with Crippen LogP contribution in [0.4, 0.5) is 0 Å². The summed E-state index contributed by atoms with van der Waals surface area (Å²) >= 11 is 0. The highest BCUT2D eigenvalue weighted by molar-refractivity contribution is 7.66. The summed E-state index contributed by atoms with van der Waals surface area (Å²) in [5.41, 5.74) is 2.26. The van der Waals surface area contributed by atoms with Gasteiger partial charge in [0, 0.05) is 6.92 Å². The van der Waals surface area contributed by atoms with Gasteiger partial charge in [0.15, 0.2) is 5.76 Å². The number of hydrogen-bond acceptors (Lipinski definition) is 5. The third-order valence-electron chi connectivity index (χ3n) is 3.71. The molecule has 0 bridgehead atoms. The van der Waals surface area contributed by atoms with Crippen molar-refractivity contribution < 1.29 is 23.1 Å². The minimum Gasteiger partial charge on any atom is -0.425 e. The lowest BCUT2D eigenvalue weighted by molar-refractivity contribution is -0.134. The van der Waals surface area contributed by atoms with E-state index in [-0.39, 0.29) is 17.7 Å². The average Bonchev–Trinajstić information content (AvgIpc) is 2.56. The molecular weight excluding hydrogens is 339 g/mol. The van der Waals surface area contributed by atoms with E-state index in [1.807, 2.05) is 31.2 Å². The average molecular weight is 358 g/mol. The van der Waals surface area contributed by atoms with Gasteiger partial charge in [-0.15, -0.1) is 0 Å². The maximum Gasteiger partial charge on any atom is 0.415 e. The fourth-order valence-corrected chi connectivity index (χ4v) is 4.58. The highest BCUT2D eigenvalue weighted by atomic mass is 31.2. The van der Waals surface area contributed by atoms with Gasteiger partial charge in [-0.3, -0.25) is 9.32 Å². The first-order valence-corrected chi connectivity index (χ1v) is 9.52. The Balaban J connectivity index is 2.32. The molecule has 2 aromatic carbocycles. The molecular formula is C19H19O5P. The molecule has 1 unspecified atom stereocenters. The summed E-state index contributed by atoms with van der Waals surface area (Å²) in [6.45, 7) is 5.20. The normalized spacial score (nSPS) is 19.2. The van der Waals surface area contributed by atoms with Gasteiger partial charge in [-0.05, 0) is 31.5 Å². The van der Waals surface area contributed by atoms with Crippen LogP contribution in [-0.2, 0) is 18.6 Å². The molecule has 1 aliphatic heterocycles. The second-order valence-electron chi connectivity index (χ2n) is 5.64. The topological polar surface area (TPSA) is 61.8 Å². The fourth-order valence-electron chi connectivity index (χ4n) is 2.67. The van der Waals surface area contributed by atoms with Crippen molar-refractivity contribution in [3.8, 4) is 5.75 Å². The number of hydrogen-bond donors (Lipinski definition) is 0. The third kappa shape index (κ3) is 3.39. The van der Waals surface area contributed by atoms with Crippen LogP contribution in [0.25, 0.3) is 11.1 Å². The minimum absolute atomic E-state index is 0.197. The van der Waals surface area contributed by atoms with Gasteiger partial charge in [0.2, 0.25) is 0 Å². The zero-order chi connectivity index (χ0) is 18.0. The van der Waals surface area contributed by atoms with Crippen LogP contribution in [0.15, 0.2) is 48.5 Å². The summed E-state index contributed by atoms with van der Waals surface area (Å²) in [6.07, 6.45) is 0. The third-order valence-corrected chi connectivity index (χ3v) is 5.75. The van der Waals surface area contributed by atoms with Gasteiger partial charge >= 0.3 is 13.6 Å². The van der Waals surface area contributed by atoms with E-state index in [0.717, 1.165) is 5.56 Å². The number of para-hydroxylation sites is 1. The monoisotopic (exact) mass is 358 g/mol. The van der Waals surface area contributed by atoms with Crippen LogP contribution in [-0.4, -0.2) is 12.6 Å². The molecule has 0 fully saturated rings. The number of carbonyl (C=O) groups is 1. The summed E-state index contributed by atoms with van der Waals surface area (Å²) in [7, 11) is -3.70. The van der Waals surface area contributed by atoms with E-state index in [9.17, 15) is 9.36 Å². The Morgan fingerprint density at radius 3 is 2.44 bits per heavy atom. The van der Waals surface area contributed by atoms with Crippen molar-refractivity contribution in [2.45, 2.75) is 20.8 Å². The van der Waals surface area contributed by atoms with Crippen LogP contribution < -0.4 is 4.52 Å². The molecule has 5 nitrogen and oxygen atoms in total. The maximum atomic E-state index is 13.5. The number of fused-ring (bicyclic) bond motifs is 1.